The number of pyridine rings is 1. The summed E-state index contributed by atoms with van der Waals surface area (Å²) in [5, 5.41) is 3.09. The van der Waals surface area contributed by atoms with Crippen molar-refractivity contribution in [2.45, 2.75) is 13.0 Å². The monoisotopic (exact) mass is 361 g/mol. The fourth-order valence-electron chi connectivity index (χ4n) is 2.41. The van der Waals surface area contributed by atoms with Crippen molar-refractivity contribution in [3.05, 3.63) is 51.3 Å². The number of thiophene rings is 1. The highest BCUT2D eigenvalue weighted by Gasteiger charge is 2.17. The first-order chi connectivity index (χ1) is 10.1. The van der Waals surface area contributed by atoms with Gasteiger partial charge in [0, 0.05) is 33.7 Å². The number of rotatable bonds is 3. The molecule has 5 heteroatoms. The van der Waals surface area contributed by atoms with E-state index in [1.54, 1.807) is 11.3 Å². The number of anilines is 2. The minimum absolute atomic E-state index is 0.294. The Labute approximate surface area is 136 Å². The zero-order valence-corrected chi connectivity index (χ0v) is 14.3. The van der Waals surface area contributed by atoms with E-state index >= 15 is 0 Å². The van der Waals surface area contributed by atoms with Gasteiger partial charge < -0.3 is 10.6 Å². The summed E-state index contributed by atoms with van der Waals surface area (Å²) < 4.78 is 0.938. The minimum Gasteiger partial charge on any atom is -0.398 e. The molecule has 0 aliphatic heterocycles. The standard InChI is InChI=1S/C16H16BrN3S/c1-10(15-4-3-7-21-15)20(2)14-6-5-13(18)12-8-11(17)9-19-16(12)14/h3-10H,18H2,1-2H3. The Hall–Kier alpha value is -1.59. The molecule has 0 saturated carbocycles. The van der Waals surface area contributed by atoms with E-state index in [1.807, 2.05) is 24.4 Å². The van der Waals surface area contributed by atoms with Gasteiger partial charge in [-0.05, 0) is 52.5 Å². The number of nitrogen functional groups attached to an aromatic ring is 1. The summed E-state index contributed by atoms with van der Waals surface area (Å²) >= 11 is 5.23. The molecule has 0 aliphatic rings. The highest BCUT2D eigenvalue weighted by Crippen LogP contribution is 2.35. The lowest BCUT2D eigenvalue weighted by molar-refractivity contribution is 0.756. The second-order valence-corrected chi connectivity index (χ2v) is 6.92. The van der Waals surface area contributed by atoms with E-state index in [2.05, 4.69) is 57.3 Å². The van der Waals surface area contributed by atoms with Gasteiger partial charge in [0.1, 0.15) is 0 Å². The van der Waals surface area contributed by atoms with Gasteiger partial charge in [-0.1, -0.05) is 6.07 Å². The molecular formula is C16H16BrN3S. The Morgan fingerprint density at radius 1 is 1.33 bits per heavy atom. The van der Waals surface area contributed by atoms with Crippen LogP contribution in [0.25, 0.3) is 10.9 Å². The third-order valence-electron chi connectivity index (χ3n) is 3.74. The Bertz CT molecular complexity index is 771. The maximum Gasteiger partial charge on any atom is 0.0956 e. The molecule has 0 amide bonds. The van der Waals surface area contributed by atoms with Crippen molar-refractivity contribution < 1.29 is 0 Å². The minimum atomic E-state index is 0.294. The average Bonchev–Trinajstić information content (AvgIpc) is 3.01. The number of benzene rings is 1. The lowest BCUT2D eigenvalue weighted by Crippen LogP contribution is -2.21. The van der Waals surface area contributed by atoms with E-state index in [4.69, 9.17) is 5.73 Å². The molecule has 108 valence electrons. The molecule has 1 unspecified atom stereocenters. The van der Waals surface area contributed by atoms with Crippen molar-refractivity contribution in [2.24, 2.45) is 0 Å². The van der Waals surface area contributed by atoms with Gasteiger partial charge in [-0.3, -0.25) is 4.98 Å². The molecule has 0 radical (unpaired) electrons. The largest absolute Gasteiger partial charge is 0.398 e. The zero-order valence-electron chi connectivity index (χ0n) is 11.9. The summed E-state index contributed by atoms with van der Waals surface area (Å²) in [5.41, 5.74) is 8.86. The number of fused-ring (bicyclic) bond motifs is 1. The Kier molecular flexibility index (Phi) is 3.87. The SMILES string of the molecule is CC(c1cccs1)N(C)c1ccc(N)c2cc(Br)cnc12. The van der Waals surface area contributed by atoms with E-state index in [1.165, 1.54) is 4.88 Å². The molecule has 0 fully saturated rings. The normalized spacial score (nSPS) is 12.5. The third-order valence-corrected chi connectivity index (χ3v) is 5.22. The van der Waals surface area contributed by atoms with Crippen molar-refractivity contribution in [1.29, 1.82) is 0 Å². The van der Waals surface area contributed by atoms with Gasteiger partial charge in [0.15, 0.2) is 0 Å². The number of halogens is 1. The summed E-state index contributed by atoms with van der Waals surface area (Å²) in [4.78, 5) is 8.14. The molecule has 21 heavy (non-hydrogen) atoms. The molecule has 1 aromatic carbocycles. The van der Waals surface area contributed by atoms with Gasteiger partial charge in [0.2, 0.25) is 0 Å². The van der Waals surface area contributed by atoms with E-state index in [0.29, 0.717) is 6.04 Å². The summed E-state index contributed by atoms with van der Waals surface area (Å²) in [5.74, 6) is 0. The first-order valence-electron chi connectivity index (χ1n) is 6.68. The molecule has 0 saturated heterocycles. The second kappa shape index (κ2) is 5.66. The average molecular weight is 362 g/mol. The van der Waals surface area contributed by atoms with Gasteiger partial charge >= 0.3 is 0 Å². The predicted molar refractivity (Wildman–Crippen MR) is 95.0 cm³/mol. The van der Waals surface area contributed by atoms with Gasteiger partial charge in [-0.2, -0.15) is 0 Å². The van der Waals surface area contributed by atoms with Crippen molar-refractivity contribution in [3.63, 3.8) is 0 Å². The maximum atomic E-state index is 6.09. The highest BCUT2D eigenvalue weighted by atomic mass is 79.9. The fraction of sp³-hybridized carbons (Fsp3) is 0.188. The lowest BCUT2D eigenvalue weighted by atomic mass is 10.1. The molecule has 3 rings (SSSR count). The van der Waals surface area contributed by atoms with E-state index < -0.39 is 0 Å². The van der Waals surface area contributed by atoms with Gasteiger partial charge in [-0.25, -0.2) is 0 Å². The lowest BCUT2D eigenvalue weighted by Gasteiger charge is -2.27. The van der Waals surface area contributed by atoms with Crippen LogP contribution in [0.2, 0.25) is 0 Å². The van der Waals surface area contributed by atoms with Crippen LogP contribution in [0.1, 0.15) is 17.8 Å². The Balaban J connectivity index is 2.10. The highest BCUT2D eigenvalue weighted by molar-refractivity contribution is 9.10. The molecule has 2 aromatic heterocycles. The van der Waals surface area contributed by atoms with Gasteiger partial charge in [-0.15, -0.1) is 11.3 Å². The first-order valence-corrected chi connectivity index (χ1v) is 8.35. The van der Waals surface area contributed by atoms with Crippen LogP contribution in [-0.2, 0) is 0 Å². The summed E-state index contributed by atoms with van der Waals surface area (Å²) in [7, 11) is 2.10. The maximum absolute atomic E-state index is 6.09. The molecule has 2 heterocycles. The van der Waals surface area contributed by atoms with Gasteiger partial charge in [0.05, 0.1) is 17.2 Å². The quantitative estimate of drug-likeness (QED) is 0.678. The van der Waals surface area contributed by atoms with E-state index in [9.17, 15) is 0 Å². The van der Waals surface area contributed by atoms with E-state index in [0.717, 1.165) is 26.8 Å². The van der Waals surface area contributed by atoms with Crippen LogP contribution in [0.3, 0.4) is 0 Å². The number of nitrogens with two attached hydrogens (primary N) is 1. The smallest absolute Gasteiger partial charge is 0.0956 e. The summed E-state index contributed by atoms with van der Waals surface area (Å²) in [6, 6.07) is 10.6. The van der Waals surface area contributed by atoms with Crippen molar-refractivity contribution >= 4 is 49.5 Å². The second-order valence-electron chi connectivity index (χ2n) is 5.03. The van der Waals surface area contributed by atoms with Crippen LogP contribution in [0.15, 0.2) is 46.4 Å². The molecule has 1 atom stereocenters. The number of aromatic nitrogens is 1. The number of hydrogen-bond donors (Lipinski definition) is 1. The van der Waals surface area contributed by atoms with Crippen LogP contribution < -0.4 is 10.6 Å². The number of nitrogens with zero attached hydrogens (tertiary/aromatic N) is 2. The Morgan fingerprint density at radius 3 is 2.86 bits per heavy atom. The van der Waals surface area contributed by atoms with E-state index in [-0.39, 0.29) is 0 Å². The Morgan fingerprint density at radius 2 is 2.14 bits per heavy atom. The van der Waals surface area contributed by atoms with Crippen molar-refractivity contribution in [2.75, 3.05) is 17.7 Å². The number of hydrogen-bond acceptors (Lipinski definition) is 4. The molecule has 3 nitrogen and oxygen atoms in total. The molecule has 0 bridgehead atoms. The summed E-state index contributed by atoms with van der Waals surface area (Å²) in [6.45, 7) is 2.20. The zero-order chi connectivity index (χ0) is 15.0. The van der Waals surface area contributed by atoms with Crippen molar-refractivity contribution in [3.8, 4) is 0 Å². The topological polar surface area (TPSA) is 42.1 Å². The first kappa shape index (κ1) is 14.4. The van der Waals surface area contributed by atoms with Crippen molar-refractivity contribution in [1.82, 2.24) is 4.98 Å². The third kappa shape index (κ3) is 2.63. The van der Waals surface area contributed by atoms with Crippen LogP contribution in [0.4, 0.5) is 11.4 Å². The predicted octanol–water partition coefficient (Wildman–Crippen LogP) is 4.84. The van der Waals surface area contributed by atoms with Crippen LogP contribution in [0, 0.1) is 0 Å². The molecular weight excluding hydrogens is 346 g/mol. The molecule has 0 spiro atoms. The molecule has 0 aliphatic carbocycles. The van der Waals surface area contributed by atoms with Crippen LogP contribution in [-0.4, -0.2) is 12.0 Å². The molecule has 2 N–H and O–H groups in total. The van der Waals surface area contributed by atoms with Crippen LogP contribution in [0.5, 0.6) is 0 Å². The summed E-state index contributed by atoms with van der Waals surface area (Å²) in [6.07, 6.45) is 1.81. The fourth-order valence-corrected chi connectivity index (χ4v) is 3.57. The van der Waals surface area contributed by atoms with Gasteiger partial charge in [0.25, 0.3) is 0 Å². The molecule has 3 aromatic rings. The van der Waals surface area contributed by atoms with Crippen LogP contribution >= 0.6 is 27.3 Å².